The minimum Gasteiger partial charge on any atom is -0.493 e. The molecule has 2 aromatic heterocycles. The van der Waals surface area contributed by atoms with E-state index in [0.29, 0.717) is 25.1 Å². The highest BCUT2D eigenvalue weighted by atomic mass is 35.5. The number of aromatic nitrogens is 4. The Hall–Kier alpha value is -4.44. The van der Waals surface area contributed by atoms with E-state index in [2.05, 4.69) is 30.6 Å². The molecule has 0 saturated heterocycles. The molecule has 0 saturated carbocycles. The topological polar surface area (TPSA) is 159 Å². The minimum atomic E-state index is -4.68. The maximum atomic E-state index is 15.0. The number of hydrogen-bond donors (Lipinski definition) is 4. The summed E-state index contributed by atoms with van der Waals surface area (Å²) in [6.45, 7) is 1.67. The number of ether oxygens (including phenoxy) is 1. The average molecular weight is 619 g/mol. The smallest absolute Gasteiger partial charge is 0.408 e. The second-order valence-corrected chi connectivity index (χ2v) is 8.50. The Kier molecular flexibility index (Phi) is 12.5. The van der Waals surface area contributed by atoms with Gasteiger partial charge >= 0.3 is 18.1 Å². The lowest BCUT2D eigenvalue weighted by atomic mass is 10.1. The van der Waals surface area contributed by atoms with Gasteiger partial charge in [0.1, 0.15) is 40.1 Å². The highest BCUT2D eigenvalue weighted by Crippen LogP contribution is 2.40. The molecule has 11 nitrogen and oxygen atoms in total. The predicted octanol–water partition coefficient (Wildman–Crippen LogP) is 4.60. The van der Waals surface area contributed by atoms with Crippen LogP contribution in [0.1, 0.15) is 13.3 Å². The molecule has 0 aliphatic heterocycles. The van der Waals surface area contributed by atoms with E-state index in [-0.39, 0.29) is 23.9 Å². The van der Waals surface area contributed by atoms with Gasteiger partial charge in [-0.05, 0) is 26.9 Å². The number of benzene rings is 1. The van der Waals surface area contributed by atoms with Crippen molar-refractivity contribution in [1.29, 1.82) is 0 Å². The molecule has 0 fully saturated rings. The number of nitrogens with zero attached hydrogens (tertiary/aromatic N) is 4. The summed E-state index contributed by atoms with van der Waals surface area (Å²) in [4.78, 5) is 35.0. The summed E-state index contributed by atoms with van der Waals surface area (Å²) in [5.41, 5.74) is -1.07. The Labute approximate surface area is 240 Å². The first kappa shape index (κ1) is 33.8. The van der Waals surface area contributed by atoms with Gasteiger partial charge in [0.25, 0.3) is 0 Å². The van der Waals surface area contributed by atoms with Gasteiger partial charge in [-0.1, -0.05) is 11.6 Å². The molecule has 4 N–H and O–H groups in total. The molecular weight excluding hydrogens is 595 g/mol. The zero-order chi connectivity index (χ0) is 31.4. The van der Waals surface area contributed by atoms with Gasteiger partial charge in [-0.15, -0.1) is 0 Å². The Morgan fingerprint density at radius 3 is 2.19 bits per heavy atom. The van der Waals surface area contributed by atoms with Crippen LogP contribution in [0.5, 0.6) is 5.75 Å². The summed E-state index contributed by atoms with van der Waals surface area (Å²) >= 11 is 6.23. The number of hydrogen-bond acceptors (Lipinski definition) is 9. The van der Waals surface area contributed by atoms with Gasteiger partial charge in [-0.2, -0.15) is 13.2 Å². The molecule has 0 radical (unpaired) electrons. The minimum absolute atomic E-state index is 0.0822. The second-order valence-electron chi connectivity index (χ2n) is 8.14. The second kappa shape index (κ2) is 15.5. The first-order valence-corrected chi connectivity index (χ1v) is 12.2. The van der Waals surface area contributed by atoms with Crippen LogP contribution in [0.3, 0.4) is 0 Å². The Morgan fingerprint density at radius 2 is 1.69 bits per heavy atom. The average Bonchev–Trinajstić information content (AvgIpc) is 2.91. The largest absolute Gasteiger partial charge is 0.493 e. The van der Waals surface area contributed by atoms with Gasteiger partial charge in [0.05, 0.1) is 23.9 Å². The van der Waals surface area contributed by atoms with Crippen LogP contribution in [0.15, 0.2) is 42.9 Å². The van der Waals surface area contributed by atoms with Crippen LogP contribution in [0.4, 0.5) is 27.8 Å². The van der Waals surface area contributed by atoms with Crippen molar-refractivity contribution in [3.8, 4) is 28.4 Å². The normalized spacial score (nSPS) is 11.9. The molecule has 3 rings (SSSR count). The van der Waals surface area contributed by atoms with Gasteiger partial charge in [0.15, 0.2) is 5.82 Å². The molecule has 3 aromatic rings. The molecule has 0 amide bonds. The van der Waals surface area contributed by atoms with E-state index in [4.69, 9.17) is 26.6 Å². The van der Waals surface area contributed by atoms with Gasteiger partial charge in [-0.25, -0.2) is 33.3 Å². The van der Waals surface area contributed by atoms with Crippen LogP contribution in [-0.2, 0) is 9.59 Å². The van der Waals surface area contributed by atoms with Crippen molar-refractivity contribution in [2.75, 3.05) is 25.5 Å². The zero-order valence-electron chi connectivity index (χ0n) is 21.9. The molecule has 226 valence electrons. The lowest BCUT2D eigenvalue weighted by Gasteiger charge is -2.21. The van der Waals surface area contributed by atoms with Crippen molar-refractivity contribution >= 4 is 29.4 Å². The highest BCUT2D eigenvalue weighted by Gasteiger charge is 2.37. The van der Waals surface area contributed by atoms with Crippen molar-refractivity contribution in [3.05, 3.63) is 59.7 Å². The molecule has 2 heterocycles. The van der Waals surface area contributed by atoms with Crippen molar-refractivity contribution in [2.45, 2.75) is 25.6 Å². The lowest BCUT2D eigenvalue weighted by molar-refractivity contribution is -0.138. The summed E-state index contributed by atoms with van der Waals surface area (Å²) in [7, 11) is 1.75. The van der Waals surface area contributed by atoms with Crippen LogP contribution >= 0.6 is 11.6 Å². The Morgan fingerprint density at radius 1 is 1.07 bits per heavy atom. The van der Waals surface area contributed by atoms with Crippen LogP contribution in [-0.4, -0.2) is 74.5 Å². The van der Waals surface area contributed by atoms with E-state index in [1.54, 1.807) is 7.05 Å². The molecule has 0 unspecified atom stereocenters. The zero-order valence-corrected chi connectivity index (χ0v) is 22.7. The number of aliphatic carboxylic acids is 2. The number of halogens is 6. The van der Waals surface area contributed by atoms with Crippen molar-refractivity contribution < 1.29 is 46.5 Å². The lowest BCUT2D eigenvalue weighted by Crippen LogP contribution is -2.33. The van der Waals surface area contributed by atoms with E-state index in [0.717, 1.165) is 19.1 Å². The van der Waals surface area contributed by atoms with Crippen LogP contribution in [0.25, 0.3) is 22.6 Å². The molecule has 17 heteroatoms. The van der Waals surface area contributed by atoms with Crippen LogP contribution in [0, 0.1) is 11.6 Å². The fourth-order valence-corrected chi connectivity index (χ4v) is 3.29. The van der Waals surface area contributed by atoms with Crippen LogP contribution < -0.4 is 15.4 Å². The van der Waals surface area contributed by atoms with E-state index in [1.165, 1.54) is 18.6 Å². The molecule has 0 aliphatic carbocycles. The number of nitrogens with one attached hydrogen (secondary N) is 2. The van der Waals surface area contributed by atoms with Gasteiger partial charge in [0.2, 0.25) is 0 Å². The molecule has 1 atom stereocenters. The third kappa shape index (κ3) is 10.2. The number of anilines is 1. The predicted molar refractivity (Wildman–Crippen MR) is 141 cm³/mol. The molecular formula is C25H24ClF5N6O5. The maximum Gasteiger partial charge on any atom is 0.408 e. The quantitative estimate of drug-likeness (QED) is 0.103. The molecule has 1 aromatic carbocycles. The van der Waals surface area contributed by atoms with E-state index < -0.39 is 57.9 Å². The Balaban J connectivity index is 0.000000675. The summed E-state index contributed by atoms with van der Waals surface area (Å²) < 4.78 is 75.1. The third-order valence-electron chi connectivity index (χ3n) is 4.98. The van der Waals surface area contributed by atoms with E-state index >= 15 is 8.78 Å². The third-order valence-corrected chi connectivity index (χ3v) is 5.25. The fourth-order valence-electron chi connectivity index (χ4n) is 3.03. The summed E-state index contributed by atoms with van der Waals surface area (Å²) in [5, 5.41) is 20.2. The summed E-state index contributed by atoms with van der Waals surface area (Å²) in [6.07, 6.45) is 0.990. The number of carbonyl (C=O) groups is 2. The number of carboxylic acid groups (broad SMARTS) is 2. The first-order chi connectivity index (χ1) is 19.7. The van der Waals surface area contributed by atoms with Crippen molar-refractivity contribution in [2.24, 2.45) is 0 Å². The molecule has 42 heavy (non-hydrogen) atoms. The van der Waals surface area contributed by atoms with E-state index in [1.807, 2.05) is 0 Å². The summed E-state index contributed by atoms with van der Waals surface area (Å²) in [5.74, 6) is -5.51. The van der Waals surface area contributed by atoms with Crippen molar-refractivity contribution in [1.82, 2.24) is 25.3 Å². The summed E-state index contributed by atoms with van der Waals surface area (Å²) in [6, 6.07) is -0.281. The van der Waals surface area contributed by atoms with Gasteiger partial charge in [0, 0.05) is 36.7 Å². The molecule has 0 aliphatic rings. The fraction of sp³-hybridized carbons (Fsp3) is 0.280. The molecule has 0 bridgehead atoms. The number of carboxylic acids is 2. The van der Waals surface area contributed by atoms with Crippen molar-refractivity contribution in [3.63, 3.8) is 0 Å². The maximum absolute atomic E-state index is 15.0. The Bertz CT molecular complexity index is 1370. The standard InChI is InChI=1S/C21H20ClF5N6O.C4H4O4/c1-11(21(25,26)27)31-20-17(18(22)32-19(33-20)15-10-29-5-6-30-15)16-13(23)8-12(9-14(16)24)34-7-3-4-28-2;5-3(6)1-2-4(7)8/h5-6,8-11,28H,3-4,7H2,1-2H3,(H,31,32,33);1-2H,(H,5,6)(H,7,8)/b;2-1+/t11-;/m0./s1. The van der Waals surface area contributed by atoms with E-state index in [9.17, 15) is 22.8 Å². The number of rotatable bonds is 11. The van der Waals surface area contributed by atoms with Gasteiger partial charge < -0.3 is 25.6 Å². The number of alkyl halides is 3. The monoisotopic (exact) mass is 618 g/mol. The van der Waals surface area contributed by atoms with Gasteiger partial charge in [-0.3, -0.25) is 4.98 Å². The first-order valence-electron chi connectivity index (χ1n) is 11.8. The SMILES string of the molecule is CNCCCOc1cc(F)c(-c2c(Cl)nc(-c3cnccn3)nc2N[C@@H](C)C(F)(F)F)c(F)c1.O=C(O)/C=C/C(=O)O. The van der Waals surface area contributed by atoms with Crippen LogP contribution in [0.2, 0.25) is 5.15 Å². The molecule has 0 spiro atoms. The highest BCUT2D eigenvalue weighted by molar-refractivity contribution is 6.32.